The van der Waals surface area contributed by atoms with Crippen molar-refractivity contribution in [2.24, 2.45) is 5.92 Å². The number of alkyl halides is 1. The second-order valence-electron chi connectivity index (χ2n) is 4.98. The van der Waals surface area contributed by atoms with Crippen molar-refractivity contribution in [3.8, 4) is 0 Å². The molecule has 1 rings (SSSR count). The molecule has 17 heavy (non-hydrogen) atoms. The van der Waals surface area contributed by atoms with Crippen LogP contribution in [-0.2, 0) is 10.0 Å². The molecule has 0 aliphatic carbocycles. The van der Waals surface area contributed by atoms with E-state index in [2.05, 4.69) is 16.5 Å². The van der Waals surface area contributed by atoms with Crippen molar-refractivity contribution >= 4 is 21.6 Å². The van der Waals surface area contributed by atoms with Gasteiger partial charge in [-0.3, -0.25) is 4.90 Å². The lowest BCUT2D eigenvalue weighted by atomic mass is 10.3. The van der Waals surface area contributed by atoms with Crippen LogP contribution in [0.3, 0.4) is 0 Å². The molecule has 1 aliphatic rings. The zero-order valence-corrected chi connectivity index (χ0v) is 12.2. The van der Waals surface area contributed by atoms with Crippen molar-refractivity contribution < 1.29 is 8.42 Å². The molecule has 0 bridgehead atoms. The van der Waals surface area contributed by atoms with E-state index in [1.165, 1.54) is 12.8 Å². The molecule has 2 atom stereocenters. The first-order valence-electron chi connectivity index (χ1n) is 6.22. The fraction of sp³-hybridized carbons (Fsp3) is 1.00. The molecule has 1 fully saturated rings. The van der Waals surface area contributed by atoms with Crippen LogP contribution in [-0.4, -0.2) is 50.6 Å². The predicted octanol–water partition coefficient (Wildman–Crippen LogP) is 1.26. The summed E-state index contributed by atoms with van der Waals surface area (Å²) in [4.78, 5) is 2.33. The summed E-state index contributed by atoms with van der Waals surface area (Å²) in [6, 6.07) is 0.276. The molecule has 1 aliphatic heterocycles. The molecule has 0 aromatic rings. The molecule has 0 aromatic carbocycles. The predicted molar refractivity (Wildman–Crippen MR) is 71.9 cm³/mol. The molecule has 0 saturated carbocycles. The van der Waals surface area contributed by atoms with Gasteiger partial charge in [-0.2, -0.15) is 0 Å². The molecule has 2 unspecified atom stereocenters. The molecule has 1 saturated heterocycles. The van der Waals surface area contributed by atoms with E-state index in [0.717, 1.165) is 13.1 Å². The molecular weight excluding hydrogens is 260 g/mol. The Morgan fingerprint density at radius 3 is 2.41 bits per heavy atom. The van der Waals surface area contributed by atoms with E-state index in [9.17, 15) is 8.42 Å². The van der Waals surface area contributed by atoms with Crippen molar-refractivity contribution in [2.75, 3.05) is 31.3 Å². The second kappa shape index (κ2) is 6.92. The molecule has 102 valence electrons. The standard InChI is InChI=1S/C11H23ClN2O2S/c1-10(7-12)9-17(15,16)13-8-11(2)14-5-3-4-6-14/h10-11,13H,3-9H2,1-2H3. The average Bonchev–Trinajstić information content (AvgIpc) is 2.78. The zero-order chi connectivity index (χ0) is 12.9. The number of sulfonamides is 1. The summed E-state index contributed by atoms with van der Waals surface area (Å²) >= 11 is 5.62. The van der Waals surface area contributed by atoms with Gasteiger partial charge < -0.3 is 0 Å². The van der Waals surface area contributed by atoms with Crippen LogP contribution in [0.5, 0.6) is 0 Å². The third-order valence-electron chi connectivity index (χ3n) is 3.13. The summed E-state index contributed by atoms with van der Waals surface area (Å²) in [7, 11) is -3.18. The van der Waals surface area contributed by atoms with Crippen LogP contribution in [0.25, 0.3) is 0 Å². The lowest BCUT2D eigenvalue weighted by molar-refractivity contribution is 0.260. The van der Waals surface area contributed by atoms with E-state index in [4.69, 9.17) is 11.6 Å². The van der Waals surface area contributed by atoms with Crippen molar-refractivity contribution in [3.05, 3.63) is 0 Å². The Morgan fingerprint density at radius 2 is 1.88 bits per heavy atom. The lowest BCUT2D eigenvalue weighted by Gasteiger charge is -2.24. The Kier molecular flexibility index (Phi) is 6.20. The van der Waals surface area contributed by atoms with Crippen LogP contribution in [0.4, 0.5) is 0 Å². The first-order valence-corrected chi connectivity index (χ1v) is 8.40. The van der Waals surface area contributed by atoms with Gasteiger partial charge in [0.05, 0.1) is 5.75 Å². The van der Waals surface area contributed by atoms with Gasteiger partial charge in [0.2, 0.25) is 10.0 Å². The largest absolute Gasteiger partial charge is 0.299 e. The monoisotopic (exact) mass is 282 g/mol. The number of nitrogens with zero attached hydrogens (tertiary/aromatic N) is 1. The van der Waals surface area contributed by atoms with Crippen LogP contribution in [0.1, 0.15) is 26.7 Å². The molecular formula is C11H23ClN2O2S. The fourth-order valence-corrected chi connectivity index (χ4v) is 3.76. The van der Waals surface area contributed by atoms with Crippen molar-refractivity contribution in [2.45, 2.75) is 32.7 Å². The molecule has 0 radical (unpaired) electrons. The molecule has 6 heteroatoms. The van der Waals surface area contributed by atoms with Gasteiger partial charge >= 0.3 is 0 Å². The number of hydrogen-bond donors (Lipinski definition) is 1. The summed E-state index contributed by atoms with van der Waals surface area (Å²) < 4.78 is 26.1. The Labute approximate surface area is 110 Å². The van der Waals surface area contributed by atoms with Gasteiger partial charge in [0, 0.05) is 18.5 Å². The minimum atomic E-state index is -3.18. The Hall–Kier alpha value is 0.160. The van der Waals surface area contributed by atoms with Crippen molar-refractivity contribution in [1.29, 1.82) is 0 Å². The van der Waals surface area contributed by atoms with E-state index in [-0.39, 0.29) is 17.7 Å². The lowest BCUT2D eigenvalue weighted by Crippen LogP contribution is -2.42. The number of rotatable bonds is 7. The fourth-order valence-electron chi connectivity index (χ4n) is 2.04. The van der Waals surface area contributed by atoms with E-state index in [1.54, 1.807) is 0 Å². The van der Waals surface area contributed by atoms with Crippen LogP contribution in [0, 0.1) is 5.92 Å². The summed E-state index contributed by atoms with van der Waals surface area (Å²) in [6.45, 7) is 6.58. The summed E-state index contributed by atoms with van der Waals surface area (Å²) in [5.41, 5.74) is 0. The van der Waals surface area contributed by atoms with Crippen LogP contribution < -0.4 is 4.72 Å². The third kappa shape index (κ3) is 5.55. The van der Waals surface area contributed by atoms with Gasteiger partial charge in [-0.05, 0) is 38.8 Å². The zero-order valence-electron chi connectivity index (χ0n) is 10.7. The van der Waals surface area contributed by atoms with Crippen molar-refractivity contribution in [1.82, 2.24) is 9.62 Å². The minimum Gasteiger partial charge on any atom is -0.299 e. The highest BCUT2D eigenvalue weighted by molar-refractivity contribution is 7.89. The van der Waals surface area contributed by atoms with E-state index in [0.29, 0.717) is 12.4 Å². The number of nitrogens with one attached hydrogen (secondary N) is 1. The Morgan fingerprint density at radius 1 is 1.29 bits per heavy atom. The summed E-state index contributed by atoms with van der Waals surface area (Å²) in [5.74, 6) is 0.488. The molecule has 0 amide bonds. The molecule has 1 N–H and O–H groups in total. The Bertz CT molecular complexity index is 315. The van der Waals surface area contributed by atoms with Crippen LogP contribution in [0.15, 0.2) is 0 Å². The highest BCUT2D eigenvalue weighted by Gasteiger charge is 2.21. The van der Waals surface area contributed by atoms with Gasteiger partial charge in [0.1, 0.15) is 0 Å². The molecule has 0 spiro atoms. The summed E-state index contributed by atoms with van der Waals surface area (Å²) in [6.07, 6.45) is 2.45. The minimum absolute atomic E-state index is 0.00346. The van der Waals surface area contributed by atoms with Gasteiger partial charge in [-0.1, -0.05) is 6.92 Å². The number of likely N-dealkylation sites (tertiary alicyclic amines) is 1. The van der Waals surface area contributed by atoms with E-state index < -0.39 is 10.0 Å². The number of hydrogen-bond acceptors (Lipinski definition) is 3. The smallest absolute Gasteiger partial charge is 0.211 e. The maximum absolute atomic E-state index is 11.7. The average molecular weight is 283 g/mol. The molecule has 1 heterocycles. The maximum Gasteiger partial charge on any atom is 0.211 e. The topological polar surface area (TPSA) is 49.4 Å². The van der Waals surface area contributed by atoms with Gasteiger partial charge in [-0.15, -0.1) is 11.6 Å². The maximum atomic E-state index is 11.7. The first-order chi connectivity index (χ1) is 7.94. The van der Waals surface area contributed by atoms with Crippen LogP contribution >= 0.6 is 11.6 Å². The van der Waals surface area contributed by atoms with Crippen LogP contribution in [0.2, 0.25) is 0 Å². The van der Waals surface area contributed by atoms with Gasteiger partial charge in [0.25, 0.3) is 0 Å². The van der Waals surface area contributed by atoms with Gasteiger partial charge in [0.15, 0.2) is 0 Å². The number of halogens is 1. The Balaban J connectivity index is 2.33. The quantitative estimate of drug-likeness (QED) is 0.716. The van der Waals surface area contributed by atoms with E-state index in [1.807, 2.05) is 6.92 Å². The normalized spacial score (nSPS) is 21.6. The third-order valence-corrected chi connectivity index (χ3v) is 5.27. The van der Waals surface area contributed by atoms with E-state index >= 15 is 0 Å². The van der Waals surface area contributed by atoms with Gasteiger partial charge in [-0.25, -0.2) is 13.1 Å². The first kappa shape index (κ1) is 15.2. The summed E-state index contributed by atoms with van der Waals surface area (Å²) in [5, 5.41) is 0. The second-order valence-corrected chi connectivity index (χ2v) is 7.14. The van der Waals surface area contributed by atoms with Crippen molar-refractivity contribution in [3.63, 3.8) is 0 Å². The highest BCUT2D eigenvalue weighted by Crippen LogP contribution is 2.11. The SMILES string of the molecule is CC(CCl)CS(=O)(=O)NCC(C)N1CCCC1. The molecule has 4 nitrogen and oxygen atoms in total. The molecule has 0 aromatic heterocycles. The highest BCUT2D eigenvalue weighted by atomic mass is 35.5.